The summed E-state index contributed by atoms with van der Waals surface area (Å²) in [6.45, 7) is 2.33. The topological polar surface area (TPSA) is 92.7 Å². The van der Waals surface area contributed by atoms with Crippen molar-refractivity contribution in [3.63, 3.8) is 0 Å². The zero-order valence-corrected chi connectivity index (χ0v) is 16.2. The second-order valence-corrected chi connectivity index (χ2v) is 5.98. The molecular weight excluding hydrogens is 391 g/mol. The molecule has 3 rings (SSSR count). The lowest BCUT2D eigenvalue weighted by atomic mass is 10.1. The van der Waals surface area contributed by atoms with Crippen LogP contribution in [-0.2, 0) is 4.79 Å². The molecule has 2 aromatic carbocycles. The second kappa shape index (κ2) is 10.1. The molecule has 1 heterocycles. The monoisotopic (exact) mass is 412 g/mol. The fraction of sp³-hybridized carbons (Fsp3) is 0.278. The molecule has 0 bridgehead atoms. The van der Waals surface area contributed by atoms with Gasteiger partial charge in [0.15, 0.2) is 0 Å². The van der Waals surface area contributed by atoms with Gasteiger partial charge in [-0.1, -0.05) is 36.4 Å². The highest BCUT2D eigenvalue weighted by atomic mass is 35.5. The summed E-state index contributed by atoms with van der Waals surface area (Å²) in [6.07, 6.45) is 0. The van der Waals surface area contributed by atoms with Crippen LogP contribution in [0.4, 0.5) is 11.4 Å². The maximum absolute atomic E-state index is 12.6. The van der Waals surface area contributed by atoms with Gasteiger partial charge in [0.1, 0.15) is 6.04 Å². The predicted octanol–water partition coefficient (Wildman–Crippen LogP) is 2.79. The Morgan fingerprint density at radius 3 is 2.22 bits per heavy atom. The Hall–Kier alpha value is -2.35. The summed E-state index contributed by atoms with van der Waals surface area (Å²) < 4.78 is 0. The van der Waals surface area contributed by atoms with Crippen LogP contribution in [0.2, 0.25) is 0 Å². The van der Waals surface area contributed by atoms with Crippen molar-refractivity contribution >= 4 is 42.1 Å². The molecule has 2 aromatic rings. The van der Waals surface area contributed by atoms with E-state index in [4.69, 9.17) is 5.73 Å². The van der Waals surface area contributed by atoms with Crippen LogP contribution >= 0.6 is 24.8 Å². The third kappa shape index (κ3) is 5.32. The van der Waals surface area contributed by atoms with Gasteiger partial charge in [-0.05, 0) is 11.6 Å². The number of amides is 1. The maximum atomic E-state index is 12.6. The number of anilines is 1. The molecule has 1 unspecified atom stereocenters. The molecule has 1 saturated heterocycles. The van der Waals surface area contributed by atoms with Crippen LogP contribution in [0.3, 0.4) is 0 Å². The number of nitro groups is 1. The third-order valence-corrected chi connectivity index (χ3v) is 4.42. The number of nitro benzene ring substituents is 1. The maximum Gasteiger partial charge on any atom is 0.271 e. The first-order valence-corrected chi connectivity index (χ1v) is 8.15. The van der Waals surface area contributed by atoms with Crippen LogP contribution in [0, 0.1) is 10.1 Å². The Balaban J connectivity index is 0.00000182. The number of rotatable bonds is 4. The number of non-ortho nitro benzene ring substituents is 1. The molecule has 0 radical (unpaired) electrons. The molecule has 0 aromatic heterocycles. The van der Waals surface area contributed by atoms with Crippen LogP contribution in [0.5, 0.6) is 0 Å². The number of carbonyl (C=O) groups is 1. The molecule has 9 heteroatoms. The van der Waals surface area contributed by atoms with Crippen LogP contribution < -0.4 is 10.6 Å². The summed E-state index contributed by atoms with van der Waals surface area (Å²) >= 11 is 0. The fourth-order valence-electron chi connectivity index (χ4n) is 2.99. The lowest BCUT2D eigenvalue weighted by Gasteiger charge is -2.37. The lowest BCUT2D eigenvalue weighted by Crippen LogP contribution is -2.51. The van der Waals surface area contributed by atoms with Crippen molar-refractivity contribution in [2.75, 3.05) is 31.1 Å². The summed E-state index contributed by atoms with van der Waals surface area (Å²) in [4.78, 5) is 26.9. The minimum absolute atomic E-state index is 0. The number of nitrogens with two attached hydrogens (primary N) is 1. The van der Waals surface area contributed by atoms with Gasteiger partial charge in [0.25, 0.3) is 5.69 Å². The highest BCUT2D eigenvalue weighted by Crippen LogP contribution is 2.23. The van der Waals surface area contributed by atoms with Crippen LogP contribution in [-0.4, -0.2) is 41.9 Å². The largest absolute Gasteiger partial charge is 0.368 e. The molecular formula is C18H22Cl2N4O3. The van der Waals surface area contributed by atoms with Crippen molar-refractivity contribution in [1.29, 1.82) is 0 Å². The van der Waals surface area contributed by atoms with E-state index in [2.05, 4.69) is 0 Å². The van der Waals surface area contributed by atoms with Gasteiger partial charge >= 0.3 is 0 Å². The highest BCUT2D eigenvalue weighted by molar-refractivity contribution is 5.85. The number of benzene rings is 2. The molecule has 2 N–H and O–H groups in total. The van der Waals surface area contributed by atoms with E-state index >= 15 is 0 Å². The van der Waals surface area contributed by atoms with Gasteiger partial charge in [-0.2, -0.15) is 0 Å². The zero-order valence-electron chi connectivity index (χ0n) is 14.6. The SMILES string of the molecule is Cl.Cl.NC(C(=O)N1CCN(c2cccc([N+](=O)[O-])c2)CC1)c1ccccc1. The van der Waals surface area contributed by atoms with Gasteiger partial charge in [-0.15, -0.1) is 24.8 Å². The quantitative estimate of drug-likeness (QED) is 0.615. The third-order valence-electron chi connectivity index (χ3n) is 4.42. The molecule has 1 amide bonds. The molecule has 1 aliphatic heterocycles. The van der Waals surface area contributed by atoms with Crippen LogP contribution in [0.1, 0.15) is 11.6 Å². The summed E-state index contributed by atoms with van der Waals surface area (Å²) in [5.74, 6) is -0.0927. The second-order valence-electron chi connectivity index (χ2n) is 5.98. The van der Waals surface area contributed by atoms with Gasteiger partial charge in [-0.3, -0.25) is 14.9 Å². The average Bonchev–Trinajstić information content (AvgIpc) is 2.67. The van der Waals surface area contributed by atoms with E-state index in [9.17, 15) is 14.9 Å². The summed E-state index contributed by atoms with van der Waals surface area (Å²) in [5.41, 5.74) is 7.76. The molecule has 1 aliphatic rings. The number of carbonyl (C=O) groups excluding carboxylic acids is 1. The molecule has 0 saturated carbocycles. The molecule has 27 heavy (non-hydrogen) atoms. The highest BCUT2D eigenvalue weighted by Gasteiger charge is 2.26. The van der Waals surface area contributed by atoms with Crippen molar-refractivity contribution in [3.8, 4) is 0 Å². The zero-order chi connectivity index (χ0) is 17.8. The Morgan fingerprint density at radius 1 is 1.00 bits per heavy atom. The van der Waals surface area contributed by atoms with E-state index in [0.29, 0.717) is 26.2 Å². The van der Waals surface area contributed by atoms with Gasteiger partial charge < -0.3 is 15.5 Å². The average molecular weight is 413 g/mol. The van der Waals surface area contributed by atoms with Gasteiger partial charge in [-0.25, -0.2) is 0 Å². The van der Waals surface area contributed by atoms with Crippen molar-refractivity contribution in [3.05, 3.63) is 70.3 Å². The van der Waals surface area contributed by atoms with E-state index in [1.165, 1.54) is 6.07 Å². The smallest absolute Gasteiger partial charge is 0.271 e. The van der Waals surface area contributed by atoms with Crippen molar-refractivity contribution in [2.24, 2.45) is 5.73 Å². The van der Waals surface area contributed by atoms with E-state index < -0.39 is 11.0 Å². The normalized spacial score (nSPS) is 14.6. The van der Waals surface area contributed by atoms with Gasteiger partial charge in [0.05, 0.1) is 4.92 Å². The van der Waals surface area contributed by atoms with Crippen LogP contribution in [0.15, 0.2) is 54.6 Å². The van der Waals surface area contributed by atoms with Gasteiger partial charge in [0, 0.05) is 44.0 Å². The Bertz CT molecular complexity index is 768. The van der Waals surface area contributed by atoms with Gasteiger partial charge in [0.2, 0.25) is 5.91 Å². The molecule has 146 valence electrons. The number of piperazine rings is 1. The number of nitrogens with zero attached hydrogens (tertiary/aromatic N) is 3. The first kappa shape index (κ1) is 22.7. The van der Waals surface area contributed by atoms with Crippen molar-refractivity contribution < 1.29 is 9.72 Å². The Morgan fingerprint density at radius 2 is 1.63 bits per heavy atom. The Labute approximate surface area is 170 Å². The fourth-order valence-corrected chi connectivity index (χ4v) is 2.99. The predicted molar refractivity (Wildman–Crippen MR) is 110 cm³/mol. The molecule has 7 nitrogen and oxygen atoms in total. The molecule has 0 spiro atoms. The number of hydrogen-bond donors (Lipinski definition) is 1. The summed E-state index contributed by atoms with van der Waals surface area (Å²) in [5, 5.41) is 10.9. The summed E-state index contributed by atoms with van der Waals surface area (Å²) in [6, 6.07) is 15.2. The van der Waals surface area contributed by atoms with Crippen molar-refractivity contribution in [1.82, 2.24) is 4.90 Å². The van der Waals surface area contributed by atoms with E-state index in [0.717, 1.165) is 11.3 Å². The lowest BCUT2D eigenvalue weighted by molar-refractivity contribution is -0.384. The first-order valence-electron chi connectivity index (χ1n) is 8.15. The molecule has 1 atom stereocenters. The van der Waals surface area contributed by atoms with E-state index in [-0.39, 0.29) is 36.4 Å². The molecule has 1 fully saturated rings. The Kier molecular flexibility index (Phi) is 8.49. The van der Waals surface area contributed by atoms with E-state index in [1.54, 1.807) is 17.0 Å². The van der Waals surface area contributed by atoms with E-state index in [1.807, 2.05) is 41.3 Å². The van der Waals surface area contributed by atoms with Crippen LogP contribution in [0.25, 0.3) is 0 Å². The minimum Gasteiger partial charge on any atom is -0.368 e. The number of hydrogen-bond acceptors (Lipinski definition) is 5. The standard InChI is InChI=1S/C18H20N4O3.2ClH/c19-17(14-5-2-1-3-6-14)18(23)21-11-9-20(10-12-21)15-7-4-8-16(13-15)22(24)25;;/h1-8,13,17H,9-12,19H2;2*1H. The minimum atomic E-state index is -0.662. The van der Waals surface area contributed by atoms with Crippen molar-refractivity contribution in [2.45, 2.75) is 6.04 Å². The summed E-state index contributed by atoms with van der Waals surface area (Å²) in [7, 11) is 0. The first-order chi connectivity index (χ1) is 12.1. The molecule has 0 aliphatic carbocycles. The number of halogens is 2.